The van der Waals surface area contributed by atoms with E-state index in [1.54, 1.807) is 23.7 Å². The number of aromatic nitrogens is 2. The molecule has 2 aromatic heterocycles. The highest BCUT2D eigenvalue weighted by Gasteiger charge is 1.99. The minimum Gasteiger partial charge on any atom is -0.471 e. The van der Waals surface area contributed by atoms with Crippen molar-refractivity contribution in [2.45, 2.75) is 20.1 Å². The Morgan fingerprint density at radius 2 is 2.29 bits per heavy atom. The maximum Gasteiger partial charge on any atom is 0.232 e. The van der Waals surface area contributed by atoms with Crippen LogP contribution in [-0.2, 0) is 13.2 Å². The number of hydrogen-bond acceptors (Lipinski definition) is 5. The van der Waals surface area contributed by atoms with Crippen LogP contribution >= 0.6 is 11.3 Å². The zero-order chi connectivity index (χ0) is 11.9. The normalized spacial score (nSPS) is 10.4. The molecule has 1 N–H and O–H groups in total. The Balaban J connectivity index is 1.85. The van der Waals surface area contributed by atoms with Crippen LogP contribution in [-0.4, -0.2) is 16.5 Å². The molecular weight excluding hydrogens is 234 g/mol. The number of hydrogen-bond donors (Lipinski definition) is 1. The summed E-state index contributed by atoms with van der Waals surface area (Å²) in [6.45, 7) is 4.29. The lowest BCUT2D eigenvalue weighted by molar-refractivity contribution is 0.295. The van der Waals surface area contributed by atoms with Gasteiger partial charge in [-0.1, -0.05) is 13.0 Å². The summed E-state index contributed by atoms with van der Waals surface area (Å²) in [7, 11) is 0. The first-order valence-electron chi connectivity index (χ1n) is 5.55. The van der Waals surface area contributed by atoms with Crippen LogP contribution in [0.5, 0.6) is 5.88 Å². The molecule has 0 unspecified atom stereocenters. The first-order valence-corrected chi connectivity index (χ1v) is 6.43. The summed E-state index contributed by atoms with van der Waals surface area (Å²) in [5.74, 6) is 0.568. The van der Waals surface area contributed by atoms with Crippen molar-refractivity contribution < 1.29 is 4.74 Å². The van der Waals surface area contributed by atoms with Crippen molar-refractivity contribution in [3.8, 4) is 5.88 Å². The molecule has 17 heavy (non-hydrogen) atoms. The van der Waals surface area contributed by atoms with Gasteiger partial charge in [0.05, 0.1) is 18.1 Å². The van der Waals surface area contributed by atoms with Crippen molar-refractivity contribution >= 4 is 11.3 Å². The molecular formula is C12H15N3OS. The van der Waals surface area contributed by atoms with Gasteiger partial charge in [-0.2, -0.15) is 0 Å². The molecule has 0 saturated carbocycles. The van der Waals surface area contributed by atoms with Crippen LogP contribution in [0.3, 0.4) is 0 Å². The summed E-state index contributed by atoms with van der Waals surface area (Å²) in [5.41, 5.74) is 0.926. The van der Waals surface area contributed by atoms with E-state index < -0.39 is 0 Å². The molecule has 0 bridgehead atoms. The largest absolute Gasteiger partial charge is 0.471 e. The fourth-order valence-electron chi connectivity index (χ4n) is 1.30. The summed E-state index contributed by atoms with van der Waals surface area (Å²) in [4.78, 5) is 9.66. The fraction of sp³-hybridized carbons (Fsp3) is 0.333. The molecule has 0 spiro atoms. The van der Waals surface area contributed by atoms with E-state index in [2.05, 4.69) is 22.2 Å². The number of nitrogens with zero attached hydrogens (tertiary/aromatic N) is 2. The molecule has 0 aromatic carbocycles. The van der Waals surface area contributed by atoms with Crippen LogP contribution in [0.25, 0.3) is 0 Å². The van der Waals surface area contributed by atoms with Crippen LogP contribution in [0.4, 0.5) is 0 Å². The second-order valence-electron chi connectivity index (χ2n) is 3.49. The monoisotopic (exact) mass is 249 g/mol. The van der Waals surface area contributed by atoms with Gasteiger partial charge in [0.15, 0.2) is 0 Å². The Hall–Kier alpha value is -1.46. The van der Waals surface area contributed by atoms with Crippen LogP contribution in [0, 0.1) is 0 Å². The van der Waals surface area contributed by atoms with Gasteiger partial charge in [-0.3, -0.25) is 4.98 Å². The molecule has 2 aromatic rings. The van der Waals surface area contributed by atoms with Crippen molar-refractivity contribution in [2.75, 3.05) is 6.54 Å². The summed E-state index contributed by atoms with van der Waals surface area (Å²) >= 11 is 1.67. The van der Waals surface area contributed by atoms with Crippen LogP contribution in [0.15, 0.2) is 29.9 Å². The van der Waals surface area contributed by atoms with Crippen molar-refractivity contribution in [1.29, 1.82) is 0 Å². The summed E-state index contributed by atoms with van der Waals surface area (Å²) in [5, 5.41) is 5.23. The molecule has 0 radical (unpaired) electrons. The molecule has 0 amide bonds. The van der Waals surface area contributed by atoms with Crippen molar-refractivity contribution in [3.63, 3.8) is 0 Å². The van der Waals surface area contributed by atoms with Crippen molar-refractivity contribution in [3.05, 3.63) is 40.5 Å². The zero-order valence-corrected chi connectivity index (χ0v) is 10.5. The van der Waals surface area contributed by atoms with Gasteiger partial charge < -0.3 is 10.1 Å². The van der Waals surface area contributed by atoms with Gasteiger partial charge in [0.1, 0.15) is 6.61 Å². The highest BCUT2D eigenvalue weighted by Crippen LogP contribution is 2.12. The van der Waals surface area contributed by atoms with Gasteiger partial charge >= 0.3 is 0 Å². The smallest absolute Gasteiger partial charge is 0.232 e. The van der Waals surface area contributed by atoms with Crippen LogP contribution < -0.4 is 10.1 Å². The maximum atomic E-state index is 5.53. The van der Waals surface area contributed by atoms with E-state index in [1.165, 1.54) is 4.88 Å². The van der Waals surface area contributed by atoms with Gasteiger partial charge in [0.2, 0.25) is 5.88 Å². The molecule has 2 heterocycles. The van der Waals surface area contributed by atoms with E-state index in [4.69, 9.17) is 4.74 Å². The van der Waals surface area contributed by atoms with Crippen molar-refractivity contribution in [1.82, 2.24) is 15.3 Å². The lowest BCUT2D eigenvalue weighted by atomic mass is 10.4. The third kappa shape index (κ3) is 3.80. The Labute approximate surface area is 105 Å². The van der Waals surface area contributed by atoms with Gasteiger partial charge in [0, 0.05) is 11.4 Å². The van der Waals surface area contributed by atoms with Gasteiger partial charge in [-0.25, -0.2) is 4.98 Å². The van der Waals surface area contributed by atoms with E-state index >= 15 is 0 Å². The quantitative estimate of drug-likeness (QED) is 0.852. The standard InChI is InChI=1S/C12H15N3OS/c1-2-13-6-10-7-15-12(8-14-10)16-9-11-4-3-5-17-11/h3-5,7-8,13H,2,6,9H2,1H3. The predicted molar refractivity (Wildman–Crippen MR) is 68.1 cm³/mol. The maximum absolute atomic E-state index is 5.53. The Morgan fingerprint density at radius 3 is 2.94 bits per heavy atom. The lowest BCUT2D eigenvalue weighted by Crippen LogP contribution is -2.13. The minimum absolute atomic E-state index is 0.554. The van der Waals surface area contributed by atoms with Gasteiger partial charge in [-0.05, 0) is 18.0 Å². The molecule has 5 heteroatoms. The summed E-state index contributed by atoms with van der Waals surface area (Å²) in [6, 6.07) is 4.05. The van der Waals surface area contributed by atoms with E-state index in [1.807, 2.05) is 17.5 Å². The summed E-state index contributed by atoms with van der Waals surface area (Å²) in [6.07, 6.45) is 3.41. The molecule has 0 aliphatic rings. The Morgan fingerprint density at radius 1 is 1.35 bits per heavy atom. The number of nitrogens with one attached hydrogen (secondary N) is 1. The first-order chi connectivity index (χ1) is 8.38. The number of ether oxygens (including phenoxy) is 1. The Bertz CT molecular complexity index is 428. The molecule has 0 aliphatic carbocycles. The molecule has 90 valence electrons. The second-order valence-corrected chi connectivity index (χ2v) is 4.53. The topological polar surface area (TPSA) is 47.0 Å². The lowest BCUT2D eigenvalue weighted by Gasteiger charge is -2.04. The van der Waals surface area contributed by atoms with E-state index in [0.717, 1.165) is 18.8 Å². The van der Waals surface area contributed by atoms with Crippen LogP contribution in [0.1, 0.15) is 17.5 Å². The average molecular weight is 249 g/mol. The molecule has 0 aliphatic heterocycles. The Kier molecular flexibility index (Phi) is 4.46. The van der Waals surface area contributed by atoms with Gasteiger partial charge in [-0.15, -0.1) is 11.3 Å². The highest BCUT2D eigenvalue weighted by atomic mass is 32.1. The number of thiophene rings is 1. The molecule has 2 rings (SSSR count). The third-order valence-electron chi connectivity index (χ3n) is 2.18. The molecule has 0 fully saturated rings. The highest BCUT2D eigenvalue weighted by molar-refractivity contribution is 7.09. The van der Waals surface area contributed by atoms with E-state index in [-0.39, 0.29) is 0 Å². The number of rotatable bonds is 6. The average Bonchev–Trinajstić information content (AvgIpc) is 2.88. The fourth-order valence-corrected chi connectivity index (χ4v) is 1.92. The SMILES string of the molecule is CCNCc1cnc(OCc2cccs2)cn1. The van der Waals surface area contributed by atoms with Crippen LogP contribution in [0.2, 0.25) is 0 Å². The predicted octanol–water partition coefficient (Wildman–Crippen LogP) is 2.23. The molecule has 4 nitrogen and oxygen atoms in total. The third-order valence-corrected chi connectivity index (χ3v) is 3.03. The summed E-state index contributed by atoms with van der Waals surface area (Å²) < 4.78 is 5.53. The van der Waals surface area contributed by atoms with E-state index in [0.29, 0.717) is 12.5 Å². The molecule has 0 saturated heterocycles. The first kappa shape index (κ1) is 12.0. The zero-order valence-electron chi connectivity index (χ0n) is 9.72. The second kappa shape index (κ2) is 6.32. The minimum atomic E-state index is 0.554. The molecule has 0 atom stereocenters. The van der Waals surface area contributed by atoms with Crippen molar-refractivity contribution in [2.24, 2.45) is 0 Å². The van der Waals surface area contributed by atoms with Gasteiger partial charge in [0.25, 0.3) is 0 Å². The van der Waals surface area contributed by atoms with E-state index in [9.17, 15) is 0 Å².